The maximum absolute atomic E-state index is 2.38. The SMILES string of the molecule is CC.CC.CC.c1ccc(N2CCc3ccccc32)cc1. The van der Waals surface area contributed by atoms with Crippen molar-refractivity contribution in [3.8, 4) is 0 Å². The molecule has 0 N–H and O–H groups in total. The Morgan fingerprint density at radius 3 is 1.81 bits per heavy atom. The van der Waals surface area contributed by atoms with E-state index in [2.05, 4.69) is 59.5 Å². The largest absolute Gasteiger partial charge is 0.341 e. The Balaban J connectivity index is 0.000000598. The minimum absolute atomic E-state index is 1.10. The number of anilines is 2. The molecule has 0 fully saturated rings. The predicted octanol–water partition coefficient (Wildman–Crippen LogP) is 6.46. The Bertz CT molecular complexity index is 462. The van der Waals surface area contributed by atoms with Crippen LogP contribution in [0.15, 0.2) is 54.6 Å². The van der Waals surface area contributed by atoms with Gasteiger partial charge in [0, 0.05) is 17.9 Å². The lowest BCUT2D eigenvalue weighted by Gasteiger charge is -2.19. The van der Waals surface area contributed by atoms with Crippen molar-refractivity contribution in [2.24, 2.45) is 0 Å². The van der Waals surface area contributed by atoms with Crippen LogP contribution in [0, 0.1) is 0 Å². The molecule has 2 aromatic carbocycles. The van der Waals surface area contributed by atoms with Gasteiger partial charge in [0.25, 0.3) is 0 Å². The minimum Gasteiger partial charge on any atom is -0.341 e. The van der Waals surface area contributed by atoms with Gasteiger partial charge >= 0.3 is 0 Å². The van der Waals surface area contributed by atoms with Crippen LogP contribution in [0.5, 0.6) is 0 Å². The molecule has 21 heavy (non-hydrogen) atoms. The van der Waals surface area contributed by atoms with Crippen molar-refractivity contribution >= 4 is 11.4 Å². The van der Waals surface area contributed by atoms with E-state index >= 15 is 0 Å². The van der Waals surface area contributed by atoms with Crippen molar-refractivity contribution in [2.75, 3.05) is 11.4 Å². The molecule has 1 aliphatic heterocycles. The third-order valence-electron chi connectivity index (χ3n) is 2.96. The minimum atomic E-state index is 1.10. The molecule has 0 spiro atoms. The average Bonchev–Trinajstić information content (AvgIpc) is 3.05. The van der Waals surface area contributed by atoms with E-state index in [4.69, 9.17) is 0 Å². The van der Waals surface area contributed by atoms with Gasteiger partial charge in [-0.3, -0.25) is 0 Å². The normalized spacial score (nSPS) is 10.9. The molecule has 0 bridgehead atoms. The molecule has 0 atom stereocenters. The maximum Gasteiger partial charge on any atom is 0.0444 e. The highest BCUT2D eigenvalue weighted by molar-refractivity contribution is 5.69. The van der Waals surface area contributed by atoms with E-state index in [0.717, 1.165) is 13.0 Å². The number of nitrogens with zero attached hydrogens (tertiary/aromatic N) is 1. The van der Waals surface area contributed by atoms with Crippen molar-refractivity contribution < 1.29 is 0 Å². The van der Waals surface area contributed by atoms with Gasteiger partial charge in [-0.05, 0) is 30.2 Å². The highest BCUT2D eigenvalue weighted by Crippen LogP contribution is 2.33. The second kappa shape index (κ2) is 12.0. The van der Waals surface area contributed by atoms with E-state index in [0.29, 0.717) is 0 Å². The molecule has 0 aliphatic carbocycles. The smallest absolute Gasteiger partial charge is 0.0444 e. The molecule has 1 heterocycles. The first kappa shape index (κ1) is 19.2. The van der Waals surface area contributed by atoms with E-state index in [-0.39, 0.29) is 0 Å². The Labute approximate surface area is 131 Å². The van der Waals surface area contributed by atoms with Crippen molar-refractivity contribution in [3.05, 3.63) is 60.2 Å². The van der Waals surface area contributed by atoms with E-state index in [9.17, 15) is 0 Å². The summed E-state index contributed by atoms with van der Waals surface area (Å²) in [5.74, 6) is 0. The first-order valence-corrected chi connectivity index (χ1v) is 8.36. The molecule has 3 rings (SSSR count). The molecule has 0 radical (unpaired) electrons. The Kier molecular flexibility index (Phi) is 11.0. The maximum atomic E-state index is 2.38. The third-order valence-corrected chi connectivity index (χ3v) is 2.96. The van der Waals surface area contributed by atoms with E-state index in [1.54, 1.807) is 0 Å². The van der Waals surface area contributed by atoms with Crippen molar-refractivity contribution in [3.63, 3.8) is 0 Å². The zero-order valence-corrected chi connectivity index (χ0v) is 14.6. The monoisotopic (exact) mass is 285 g/mol. The number of benzene rings is 2. The summed E-state index contributed by atoms with van der Waals surface area (Å²) in [5, 5.41) is 0. The van der Waals surface area contributed by atoms with Crippen molar-refractivity contribution in [2.45, 2.75) is 48.0 Å². The Hall–Kier alpha value is -1.76. The molecule has 0 amide bonds. The van der Waals surface area contributed by atoms with Crippen LogP contribution in [-0.4, -0.2) is 6.54 Å². The first-order valence-electron chi connectivity index (χ1n) is 8.36. The van der Waals surface area contributed by atoms with Gasteiger partial charge in [-0.25, -0.2) is 0 Å². The van der Waals surface area contributed by atoms with Gasteiger partial charge in [-0.15, -0.1) is 0 Å². The molecule has 0 saturated heterocycles. The summed E-state index contributed by atoms with van der Waals surface area (Å²) >= 11 is 0. The highest BCUT2D eigenvalue weighted by atomic mass is 15.2. The summed E-state index contributed by atoms with van der Waals surface area (Å²) in [6, 6.07) is 19.2. The highest BCUT2D eigenvalue weighted by Gasteiger charge is 2.18. The van der Waals surface area contributed by atoms with Gasteiger partial charge in [0.2, 0.25) is 0 Å². The summed E-state index contributed by atoms with van der Waals surface area (Å²) in [5.41, 5.74) is 4.12. The van der Waals surface area contributed by atoms with E-state index in [1.165, 1.54) is 16.9 Å². The van der Waals surface area contributed by atoms with Crippen LogP contribution in [0.1, 0.15) is 47.1 Å². The number of hydrogen-bond donors (Lipinski definition) is 0. The van der Waals surface area contributed by atoms with Gasteiger partial charge in [-0.2, -0.15) is 0 Å². The van der Waals surface area contributed by atoms with Gasteiger partial charge in [0.05, 0.1) is 0 Å². The summed E-state index contributed by atoms with van der Waals surface area (Å²) in [7, 11) is 0. The zero-order valence-electron chi connectivity index (χ0n) is 14.6. The molecular formula is C20H31N. The van der Waals surface area contributed by atoms with Crippen LogP contribution >= 0.6 is 0 Å². The first-order chi connectivity index (χ1) is 10.4. The van der Waals surface area contributed by atoms with Crippen molar-refractivity contribution in [1.82, 2.24) is 0 Å². The van der Waals surface area contributed by atoms with Gasteiger partial charge in [-0.1, -0.05) is 77.9 Å². The Morgan fingerprint density at radius 1 is 0.667 bits per heavy atom. The summed E-state index contributed by atoms with van der Waals surface area (Å²) in [6.07, 6.45) is 1.16. The van der Waals surface area contributed by atoms with Crippen LogP contribution in [0.4, 0.5) is 11.4 Å². The molecule has 0 unspecified atom stereocenters. The van der Waals surface area contributed by atoms with E-state index < -0.39 is 0 Å². The predicted molar refractivity (Wildman–Crippen MR) is 97.6 cm³/mol. The second-order valence-electron chi connectivity index (χ2n) is 3.87. The van der Waals surface area contributed by atoms with Gasteiger partial charge < -0.3 is 4.90 Å². The summed E-state index contributed by atoms with van der Waals surface area (Å²) < 4.78 is 0. The van der Waals surface area contributed by atoms with Crippen LogP contribution in [0.25, 0.3) is 0 Å². The Morgan fingerprint density at radius 2 is 1.19 bits per heavy atom. The average molecular weight is 285 g/mol. The number of para-hydroxylation sites is 2. The fourth-order valence-electron chi connectivity index (χ4n) is 2.21. The fourth-order valence-corrected chi connectivity index (χ4v) is 2.21. The number of fused-ring (bicyclic) bond motifs is 1. The van der Waals surface area contributed by atoms with Crippen molar-refractivity contribution in [1.29, 1.82) is 0 Å². The molecule has 1 aliphatic rings. The summed E-state index contributed by atoms with van der Waals surface area (Å²) in [4.78, 5) is 2.38. The van der Waals surface area contributed by atoms with Crippen LogP contribution < -0.4 is 4.90 Å². The molecule has 1 nitrogen and oxygen atoms in total. The lowest BCUT2D eigenvalue weighted by Crippen LogP contribution is -2.12. The molecular weight excluding hydrogens is 254 g/mol. The van der Waals surface area contributed by atoms with Crippen LogP contribution in [0.2, 0.25) is 0 Å². The standard InChI is InChI=1S/C14H13N.3C2H6/c1-2-7-13(8-3-1)15-11-10-12-6-4-5-9-14(12)15;3*1-2/h1-9H,10-11H2;3*1-2H3. The molecule has 116 valence electrons. The topological polar surface area (TPSA) is 3.24 Å². The molecule has 0 aromatic heterocycles. The van der Waals surface area contributed by atoms with Crippen LogP contribution in [-0.2, 0) is 6.42 Å². The molecule has 1 heteroatoms. The number of rotatable bonds is 1. The van der Waals surface area contributed by atoms with Gasteiger partial charge in [0.1, 0.15) is 0 Å². The van der Waals surface area contributed by atoms with Gasteiger partial charge in [0.15, 0.2) is 0 Å². The zero-order chi connectivity index (χ0) is 16.1. The molecule has 2 aromatic rings. The quantitative estimate of drug-likeness (QED) is 0.581. The van der Waals surface area contributed by atoms with E-state index in [1.807, 2.05) is 41.5 Å². The van der Waals surface area contributed by atoms with Crippen LogP contribution in [0.3, 0.4) is 0 Å². The lowest BCUT2D eigenvalue weighted by molar-refractivity contribution is 0.998. The fraction of sp³-hybridized carbons (Fsp3) is 0.400. The second-order valence-corrected chi connectivity index (χ2v) is 3.87. The summed E-state index contributed by atoms with van der Waals surface area (Å²) in [6.45, 7) is 13.1. The molecule has 0 saturated carbocycles. The number of hydrogen-bond acceptors (Lipinski definition) is 1. The lowest BCUT2D eigenvalue weighted by atomic mass is 10.2. The third kappa shape index (κ3) is 5.26.